The van der Waals surface area contributed by atoms with Crippen molar-refractivity contribution in [1.29, 1.82) is 0 Å². The topological polar surface area (TPSA) is 55.4 Å². The largest absolute Gasteiger partial charge is 0.481 e. The fourth-order valence-corrected chi connectivity index (χ4v) is 1.96. The van der Waals surface area contributed by atoms with E-state index in [1.807, 2.05) is 0 Å². The first-order valence-electron chi connectivity index (χ1n) is 7.21. The van der Waals surface area contributed by atoms with E-state index in [0.29, 0.717) is 22.6 Å². The first kappa shape index (κ1) is 16.7. The maximum absolute atomic E-state index is 13.5. The maximum Gasteiger partial charge on any atom is 0.265 e. The minimum absolute atomic E-state index is 0.0808. The summed E-state index contributed by atoms with van der Waals surface area (Å²) in [6.45, 7) is 4.69. The van der Waals surface area contributed by atoms with Crippen LogP contribution in [-0.2, 0) is 4.79 Å². The fraction of sp³-hybridized carbons (Fsp3) is 0.222. The molecule has 0 saturated carbocycles. The van der Waals surface area contributed by atoms with Gasteiger partial charge in [-0.1, -0.05) is 18.2 Å². The summed E-state index contributed by atoms with van der Waals surface area (Å²) in [7, 11) is 0. The Balaban J connectivity index is 2.03. The molecule has 0 bridgehead atoms. The molecule has 1 N–H and O–H groups in total. The predicted octanol–water partition coefficient (Wildman–Crippen LogP) is 3.74. The minimum atomic E-state index is -0.790. The van der Waals surface area contributed by atoms with Crippen LogP contribution >= 0.6 is 0 Å². The van der Waals surface area contributed by atoms with E-state index < -0.39 is 12.0 Å². The SMILES string of the molecule is CC(=O)c1cccc(O[C@H](C)C(=O)Nc2ccc(C)c(F)c2)c1. The Hall–Kier alpha value is -2.69. The molecule has 0 aliphatic heterocycles. The molecule has 2 aromatic carbocycles. The van der Waals surface area contributed by atoms with Crippen molar-refractivity contribution >= 4 is 17.4 Å². The Morgan fingerprint density at radius 2 is 1.91 bits per heavy atom. The zero-order valence-corrected chi connectivity index (χ0v) is 13.2. The molecule has 23 heavy (non-hydrogen) atoms. The maximum atomic E-state index is 13.5. The molecule has 0 saturated heterocycles. The van der Waals surface area contributed by atoms with Gasteiger partial charge in [-0.3, -0.25) is 9.59 Å². The van der Waals surface area contributed by atoms with Crippen LogP contribution in [-0.4, -0.2) is 17.8 Å². The summed E-state index contributed by atoms with van der Waals surface area (Å²) in [6, 6.07) is 11.1. The number of Topliss-reactive ketones (excluding diaryl/α,β-unsaturated/α-hetero) is 1. The van der Waals surface area contributed by atoms with Crippen molar-refractivity contribution in [2.75, 3.05) is 5.32 Å². The van der Waals surface area contributed by atoms with Crippen LogP contribution in [0.2, 0.25) is 0 Å². The van der Waals surface area contributed by atoms with Crippen LogP contribution in [0.3, 0.4) is 0 Å². The number of nitrogens with one attached hydrogen (secondary N) is 1. The highest BCUT2D eigenvalue weighted by atomic mass is 19.1. The summed E-state index contributed by atoms with van der Waals surface area (Å²) in [4.78, 5) is 23.5. The van der Waals surface area contributed by atoms with Gasteiger partial charge in [0.15, 0.2) is 11.9 Å². The molecule has 2 rings (SSSR count). The number of carbonyl (C=O) groups excluding carboxylic acids is 2. The lowest BCUT2D eigenvalue weighted by Gasteiger charge is -2.15. The third-order valence-electron chi connectivity index (χ3n) is 3.36. The van der Waals surface area contributed by atoms with Gasteiger partial charge >= 0.3 is 0 Å². The van der Waals surface area contributed by atoms with Crippen LogP contribution in [0.1, 0.15) is 29.8 Å². The number of halogens is 1. The molecular formula is C18H18FNO3. The predicted molar refractivity (Wildman–Crippen MR) is 86.3 cm³/mol. The second-order valence-electron chi connectivity index (χ2n) is 5.30. The molecule has 0 aliphatic rings. The van der Waals surface area contributed by atoms with Gasteiger partial charge in [-0.05, 0) is 50.6 Å². The van der Waals surface area contributed by atoms with Gasteiger partial charge < -0.3 is 10.1 Å². The van der Waals surface area contributed by atoms with Crippen molar-refractivity contribution in [1.82, 2.24) is 0 Å². The molecule has 1 amide bonds. The van der Waals surface area contributed by atoms with E-state index in [1.165, 1.54) is 13.0 Å². The average Bonchev–Trinajstić information content (AvgIpc) is 2.51. The van der Waals surface area contributed by atoms with Crippen LogP contribution in [0.5, 0.6) is 5.75 Å². The summed E-state index contributed by atoms with van der Waals surface area (Å²) < 4.78 is 19.0. The number of benzene rings is 2. The summed E-state index contributed by atoms with van der Waals surface area (Å²) in [5.41, 5.74) is 1.38. The highest BCUT2D eigenvalue weighted by Gasteiger charge is 2.16. The van der Waals surface area contributed by atoms with Crippen LogP contribution in [0, 0.1) is 12.7 Å². The molecule has 5 heteroatoms. The molecule has 0 heterocycles. The number of ether oxygens (including phenoxy) is 1. The number of carbonyl (C=O) groups is 2. The van der Waals surface area contributed by atoms with Crippen molar-refractivity contribution in [2.45, 2.75) is 26.9 Å². The number of hydrogen-bond acceptors (Lipinski definition) is 3. The van der Waals surface area contributed by atoms with E-state index in [9.17, 15) is 14.0 Å². The summed E-state index contributed by atoms with van der Waals surface area (Å²) >= 11 is 0. The van der Waals surface area contributed by atoms with Crippen molar-refractivity contribution in [3.8, 4) is 5.75 Å². The fourth-order valence-electron chi connectivity index (χ4n) is 1.96. The lowest BCUT2D eigenvalue weighted by Crippen LogP contribution is -2.30. The smallest absolute Gasteiger partial charge is 0.265 e. The van der Waals surface area contributed by atoms with E-state index in [-0.39, 0.29) is 11.6 Å². The van der Waals surface area contributed by atoms with Gasteiger partial charge in [0.25, 0.3) is 5.91 Å². The Morgan fingerprint density at radius 3 is 2.57 bits per heavy atom. The molecule has 120 valence electrons. The number of amides is 1. The normalized spacial score (nSPS) is 11.7. The Bertz CT molecular complexity index is 743. The lowest BCUT2D eigenvalue weighted by molar-refractivity contribution is -0.122. The van der Waals surface area contributed by atoms with Crippen molar-refractivity contribution in [3.05, 3.63) is 59.4 Å². The van der Waals surface area contributed by atoms with Crippen molar-refractivity contribution in [3.63, 3.8) is 0 Å². The number of aryl methyl sites for hydroxylation is 1. The molecule has 4 nitrogen and oxygen atoms in total. The summed E-state index contributed by atoms with van der Waals surface area (Å²) in [6.07, 6.45) is -0.790. The number of hydrogen-bond donors (Lipinski definition) is 1. The van der Waals surface area contributed by atoms with Crippen LogP contribution in [0.25, 0.3) is 0 Å². The van der Waals surface area contributed by atoms with E-state index in [1.54, 1.807) is 50.2 Å². The number of ketones is 1. The van der Waals surface area contributed by atoms with E-state index in [0.717, 1.165) is 0 Å². The molecule has 0 radical (unpaired) electrons. The first-order valence-corrected chi connectivity index (χ1v) is 7.21. The van der Waals surface area contributed by atoms with Crippen molar-refractivity contribution in [2.24, 2.45) is 0 Å². The highest BCUT2D eigenvalue weighted by Crippen LogP contribution is 2.17. The van der Waals surface area contributed by atoms with E-state index in [2.05, 4.69) is 5.32 Å². The van der Waals surface area contributed by atoms with Gasteiger partial charge in [0.2, 0.25) is 0 Å². The molecule has 1 atom stereocenters. The Labute approximate surface area is 134 Å². The van der Waals surface area contributed by atoms with Crippen LogP contribution in [0.4, 0.5) is 10.1 Å². The Morgan fingerprint density at radius 1 is 1.17 bits per heavy atom. The standard InChI is InChI=1S/C18H18FNO3/c1-11-7-8-15(10-17(11)19)20-18(22)13(3)23-16-6-4-5-14(9-16)12(2)21/h4-10,13H,1-3H3,(H,20,22)/t13-/m1/s1. The average molecular weight is 315 g/mol. The molecule has 2 aromatic rings. The monoisotopic (exact) mass is 315 g/mol. The van der Waals surface area contributed by atoms with Gasteiger partial charge in [-0.25, -0.2) is 4.39 Å². The van der Waals surface area contributed by atoms with E-state index in [4.69, 9.17) is 4.74 Å². The molecule has 0 fully saturated rings. The second-order valence-corrected chi connectivity index (χ2v) is 5.30. The third-order valence-corrected chi connectivity index (χ3v) is 3.36. The van der Waals surface area contributed by atoms with Crippen LogP contribution in [0.15, 0.2) is 42.5 Å². The molecular weight excluding hydrogens is 297 g/mol. The second kappa shape index (κ2) is 7.05. The first-order chi connectivity index (χ1) is 10.9. The third kappa shape index (κ3) is 4.39. The minimum Gasteiger partial charge on any atom is -0.481 e. The molecule has 0 aromatic heterocycles. The highest BCUT2D eigenvalue weighted by molar-refractivity contribution is 5.95. The summed E-state index contributed by atoms with van der Waals surface area (Å²) in [5, 5.41) is 2.60. The lowest BCUT2D eigenvalue weighted by atomic mass is 10.1. The van der Waals surface area contributed by atoms with Gasteiger partial charge in [0.05, 0.1) is 0 Å². The van der Waals surface area contributed by atoms with Gasteiger partial charge in [-0.2, -0.15) is 0 Å². The van der Waals surface area contributed by atoms with Gasteiger partial charge in [-0.15, -0.1) is 0 Å². The molecule has 0 aliphatic carbocycles. The molecule has 0 spiro atoms. The van der Waals surface area contributed by atoms with Crippen molar-refractivity contribution < 1.29 is 18.7 Å². The zero-order valence-electron chi connectivity index (χ0n) is 13.2. The number of rotatable bonds is 5. The number of anilines is 1. The quantitative estimate of drug-likeness (QED) is 0.855. The van der Waals surface area contributed by atoms with Gasteiger partial charge in [0, 0.05) is 11.3 Å². The van der Waals surface area contributed by atoms with Crippen LogP contribution < -0.4 is 10.1 Å². The Kier molecular flexibility index (Phi) is 5.11. The molecule has 0 unspecified atom stereocenters. The zero-order chi connectivity index (χ0) is 17.0. The van der Waals surface area contributed by atoms with Gasteiger partial charge in [0.1, 0.15) is 11.6 Å². The van der Waals surface area contributed by atoms with E-state index >= 15 is 0 Å². The summed E-state index contributed by atoms with van der Waals surface area (Å²) in [5.74, 6) is -0.440.